The largest absolute Gasteiger partial charge is 0.490 e. The fourth-order valence-corrected chi connectivity index (χ4v) is 2.50. The van der Waals surface area contributed by atoms with Gasteiger partial charge < -0.3 is 25.2 Å². The molecule has 0 heterocycles. The molecule has 3 N–H and O–H groups in total. The SMILES string of the molecule is CCOc1ccc(NC(=O)CNc2cc(CO)ccc2Cl)cc1OCC. The topological polar surface area (TPSA) is 79.8 Å². The molecule has 6 nitrogen and oxygen atoms in total. The van der Waals surface area contributed by atoms with Crippen molar-refractivity contribution in [2.45, 2.75) is 20.5 Å². The third-order valence-electron chi connectivity index (χ3n) is 3.48. The van der Waals surface area contributed by atoms with E-state index >= 15 is 0 Å². The monoisotopic (exact) mass is 378 g/mol. The minimum absolute atomic E-state index is 0.0335. The zero-order valence-corrected chi connectivity index (χ0v) is 15.6. The lowest BCUT2D eigenvalue weighted by Gasteiger charge is -2.14. The zero-order chi connectivity index (χ0) is 18.9. The Hall–Kier alpha value is -2.44. The number of hydrogen-bond acceptors (Lipinski definition) is 5. The summed E-state index contributed by atoms with van der Waals surface area (Å²) in [5, 5.41) is 15.4. The van der Waals surface area contributed by atoms with E-state index < -0.39 is 0 Å². The van der Waals surface area contributed by atoms with Gasteiger partial charge in [-0.2, -0.15) is 0 Å². The molecule has 2 aromatic rings. The second-order valence-corrected chi connectivity index (χ2v) is 5.81. The van der Waals surface area contributed by atoms with E-state index in [1.165, 1.54) is 0 Å². The van der Waals surface area contributed by atoms with Gasteiger partial charge in [0, 0.05) is 11.8 Å². The molecule has 7 heteroatoms. The van der Waals surface area contributed by atoms with Crippen LogP contribution in [0.2, 0.25) is 5.02 Å². The molecular weight excluding hydrogens is 356 g/mol. The number of carbonyl (C=O) groups excluding carboxylic acids is 1. The number of aliphatic hydroxyl groups is 1. The molecule has 0 unspecified atom stereocenters. The van der Waals surface area contributed by atoms with E-state index in [1.54, 1.807) is 36.4 Å². The maximum Gasteiger partial charge on any atom is 0.243 e. The van der Waals surface area contributed by atoms with Crippen LogP contribution in [0.5, 0.6) is 11.5 Å². The fraction of sp³-hybridized carbons (Fsp3) is 0.316. The normalized spacial score (nSPS) is 10.3. The average molecular weight is 379 g/mol. The van der Waals surface area contributed by atoms with E-state index in [0.29, 0.717) is 46.7 Å². The first-order valence-electron chi connectivity index (χ1n) is 8.40. The molecule has 1 amide bonds. The van der Waals surface area contributed by atoms with Crippen molar-refractivity contribution in [3.63, 3.8) is 0 Å². The van der Waals surface area contributed by atoms with Crippen LogP contribution in [-0.4, -0.2) is 30.8 Å². The number of anilines is 2. The lowest BCUT2D eigenvalue weighted by molar-refractivity contribution is -0.114. The van der Waals surface area contributed by atoms with Gasteiger partial charge in [-0.1, -0.05) is 17.7 Å². The molecule has 0 fully saturated rings. The molecule has 0 aliphatic carbocycles. The number of hydrogen-bond donors (Lipinski definition) is 3. The number of nitrogens with one attached hydrogen (secondary N) is 2. The Morgan fingerprint density at radius 2 is 1.81 bits per heavy atom. The number of aliphatic hydroxyl groups excluding tert-OH is 1. The minimum atomic E-state index is -0.234. The van der Waals surface area contributed by atoms with Crippen LogP contribution in [0, 0.1) is 0 Å². The zero-order valence-electron chi connectivity index (χ0n) is 14.8. The van der Waals surface area contributed by atoms with Gasteiger partial charge in [-0.05, 0) is 43.7 Å². The highest BCUT2D eigenvalue weighted by Gasteiger charge is 2.09. The summed E-state index contributed by atoms with van der Waals surface area (Å²) in [5.74, 6) is 0.985. The quantitative estimate of drug-likeness (QED) is 0.620. The molecule has 0 aliphatic heterocycles. The van der Waals surface area contributed by atoms with E-state index in [0.717, 1.165) is 0 Å². The molecule has 0 saturated heterocycles. The van der Waals surface area contributed by atoms with Gasteiger partial charge in [-0.3, -0.25) is 4.79 Å². The fourth-order valence-electron chi connectivity index (χ4n) is 2.32. The van der Waals surface area contributed by atoms with Gasteiger partial charge in [0.05, 0.1) is 37.1 Å². The minimum Gasteiger partial charge on any atom is -0.490 e. The molecule has 0 radical (unpaired) electrons. The Morgan fingerprint density at radius 1 is 1.08 bits per heavy atom. The van der Waals surface area contributed by atoms with E-state index in [9.17, 15) is 9.90 Å². The third kappa shape index (κ3) is 5.54. The number of amides is 1. The smallest absolute Gasteiger partial charge is 0.243 e. The lowest BCUT2D eigenvalue weighted by atomic mass is 10.2. The first-order chi connectivity index (χ1) is 12.6. The predicted molar refractivity (Wildman–Crippen MR) is 103 cm³/mol. The summed E-state index contributed by atoms with van der Waals surface area (Å²) in [6, 6.07) is 10.4. The van der Waals surface area contributed by atoms with Crippen molar-refractivity contribution in [3.8, 4) is 11.5 Å². The molecule has 0 saturated carbocycles. The van der Waals surface area contributed by atoms with E-state index in [2.05, 4.69) is 10.6 Å². The first kappa shape index (κ1) is 19.9. The van der Waals surface area contributed by atoms with Crippen molar-refractivity contribution in [2.24, 2.45) is 0 Å². The van der Waals surface area contributed by atoms with Gasteiger partial charge in [-0.15, -0.1) is 0 Å². The maximum atomic E-state index is 12.2. The number of rotatable bonds is 9. The summed E-state index contributed by atoms with van der Waals surface area (Å²) in [5.41, 5.74) is 1.92. The first-order valence-corrected chi connectivity index (χ1v) is 8.77. The highest BCUT2D eigenvalue weighted by molar-refractivity contribution is 6.33. The van der Waals surface area contributed by atoms with Crippen LogP contribution in [0.1, 0.15) is 19.4 Å². The summed E-state index contributed by atoms with van der Waals surface area (Å²) in [6.45, 7) is 4.75. The van der Waals surface area contributed by atoms with Crippen molar-refractivity contribution in [1.29, 1.82) is 0 Å². The summed E-state index contributed by atoms with van der Waals surface area (Å²) in [7, 11) is 0. The van der Waals surface area contributed by atoms with Crippen LogP contribution < -0.4 is 20.1 Å². The standard InChI is InChI=1S/C19H23ClN2O4/c1-3-25-17-8-6-14(10-18(17)26-4-2)22-19(24)11-21-16-9-13(12-23)5-7-15(16)20/h5-10,21,23H,3-4,11-12H2,1-2H3,(H,22,24). The summed E-state index contributed by atoms with van der Waals surface area (Å²) in [6.07, 6.45) is 0. The highest BCUT2D eigenvalue weighted by Crippen LogP contribution is 2.30. The Bertz CT molecular complexity index is 752. The van der Waals surface area contributed by atoms with Gasteiger partial charge >= 0.3 is 0 Å². The number of carbonyl (C=O) groups is 1. The second-order valence-electron chi connectivity index (χ2n) is 5.40. The molecule has 2 rings (SSSR count). The van der Waals surface area contributed by atoms with Gasteiger partial charge in [0.2, 0.25) is 5.91 Å². The average Bonchev–Trinajstić information content (AvgIpc) is 2.63. The van der Waals surface area contributed by atoms with Crippen LogP contribution in [0.15, 0.2) is 36.4 Å². The van der Waals surface area contributed by atoms with Crippen LogP contribution in [0.3, 0.4) is 0 Å². The Labute approximate surface area is 158 Å². The molecule has 2 aromatic carbocycles. The Balaban J connectivity index is 2.00. The second kappa shape index (κ2) is 9.89. The van der Waals surface area contributed by atoms with Crippen LogP contribution in [0.25, 0.3) is 0 Å². The molecule has 0 aliphatic rings. The number of benzene rings is 2. The molecule has 0 aromatic heterocycles. The molecule has 0 atom stereocenters. The highest BCUT2D eigenvalue weighted by atomic mass is 35.5. The van der Waals surface area contributed by atoms with Gasteiger partial charge in [-0.25, -0.2) is 0 Å². The number of ether oxygens (including phenoxy) is 2. The van der Waals surface area contributed by atoms with Crippen LogP contribution in [0.4, 0.5) is 11.4 Å². The van der Waals surface area contributed by atoms with Crippen molar-refractivity contribution in [1.82, 2.24) is 0 Å². The molecule has 0 spiro atoms. The molecule has 140 valence electrons. The van der Waals surface area contributed by atoms with Gasteiger partial charge in [0.1, 0.15) is 0 Å². The van der Waals surface area contributed by atoms with Crippen molar-refractivity contribution in [2.75, 3.05) is 30.4 Å². The summed E-state index contributed by atoms with van der Waals surface area (Å²) >= 11 is 6.09. The van der Waals surface area contributed by atoms with E-state index in [4.69, 9.17) is 21.1 Å². The van der Waals surface area contributed by atoms with Crippen molar-refractivity contribution in [3.05, 3.63) is 47.0 Å². The molecule has 26 heavy (non-hydrogen) atoms. The number of halogens is 1. The lowest BCUT2D eigenvalue weighted by Crippen LogP contribution is -2.22. The van der Waals surface area contributed by atoms with Crippen LogP contribution >= 0.6 is 11.6 Å². The van der Waals surface area contributed by atoms with Gasteiger partial charge in [0.15, 0.2) is 11.5 Å². The third-order valence-corrected chi connectivity index (χ3v) is 3.81. The predicted octanol–water partition coefficient (Wildman–Crippen LogP) is 3.68. The summed E-state index contributed by atoms with van der Waals surface area (Å²) < 4.78 is 11.1. The van der Waals surface area contributed by atoms with E-state index in [-0.39, 0.29) is 19.1 Å². The molecule has 0 bridgehead atoms. The molecular formula is C19H23ClN2O4. The van der Waals surface area contributed by atoms with Gasteiger partial charge in [0.25, 0.3) is 0 Å². The summed E-state index contributed by atoms with van der Waals surface area (Å²) in [4.78, 5) is 12.2. The van der Waals surface area contributed by atoms with Crippen molar-refractivity contribution >= 4 is 28.9 Å². The Morgan fingerprint density at radius 3 is 2.50 bits per heavy atom. The maximum absolute atomic E-state index is 12.2. The van der Waals surface area contributed by atoms with E-state index in [1.807, 2.05) is 13.8 Å². The van der Waals surface area contributed by atoms with Crippen molar-refractivity contribution < 1.29 is 19.4 Å². The Kier molecular flexibility index (Phi) is 7.56. The van der Waals surface area contributed by atoms with Crippen LogP contribution in [-0.2, 0) is 11.4 Å².